The molecule has 0 saturated carbocycles. The van der Waals surface area contributed by atoms with Crippen LogP contribution in [0.4, 0.5) is 10.5 Å². The van der Waals surface area contributed by atoms with Crippen LogP contribution < -0.4 is 10.6 Å². The van der Waals surface area contributed by atoms with Gasteiger partial charge in [-0.2, -0.15) is 11.8 Å². The van der Waals surface area contributed by atoms with E-state index in [9.17, 15) is 24.5 Å². The predicted octanol–water partition coefficient (Wildman–Crippen LogP) is 3.85. The molecular formula is C24H29N3O6S. The molecule has 0 aromatic heterocycles. The van der Waals surface area contributed by atoms with Crippen LogP contribution in [0, 0.1) is 16.0 Å². The second kappa shape index (κ2) is 14.0. The first-order valence-electron chi connectivity index (χ1n) is 10.8. The van der Waals surface area contributed by atoms with Gasteiger partial charge in [-0.05, 0) is 23.5 Å². The van der Waals surface area contributed by atoms with Gasteiger partial charge in [0.1, 0.15) is 18.9 Å². The number of nitro benzene ring substituents is 1. The molecule has 0 aliphatic heterocycles. The summed E-state index contributed by atoms with van der Waals surface area (Å²) in [5.74, 6) is 0.506. The Morgan fingerprint density at radius 3 is 2.32 bits per heavy atom. The Bertz CT molecular complexity index is 953. The molecule has 10 heteroatoms. The van der Waals surface area contributed by atoms with E-state index in [1.807, 2.05) is 44.2 Å². The largest absolute Gasteiger partial charge is 0.445 e. The second-order valence-electron chi connectivity index (χ2n) is 8.08. The Hall–Kier alpha value is -3.40. The third-order valence-corrected chi connectivity index (χ3v) is 5.87. The van der Waals surface area contributed by atoms with Crippen molar-refractivity contribution in [2.45, 2.75) is 44.7 Å². The lowest BCUT2D eigenvalue weighted by Gasteiger charge is -2.22. The number of nitrogens with zero attached hydrogens (tertiary/aromatic N) is 1. The van der Waals surface area contributed by atoms with Crippen molar-refractivity contribution < 1.29 is 24.0 Å². The molecule has 0 saturated heterocycles. The van der Waals surface area contributed by atoms with Crippen molar-refractivity contribution in [1.29, 1.82) is 0 Å². The fraction of sp³-hybridized carbons (Fsp3) is 0.375. The van der Waals surface area contributed by atoms with E-state index >= 15 is 0 Å². The summed E-state index contributed by atoms with van der Waals surface area (Å²) < 4.78 is 5.21. The molecule has 9 nitrogen and oxygen atoms in total. The van der Waals surface area contributed by atoms with Crippen molar-refractivity contribution in [1.82, 2.24) is 10.6 Å². The first-order chi connectivity index (χ1) is 16.3. The molecule has 2 rings (SSSR count). The Morgan fingerprint density at radius 2 is 1.74 bits per heavy atom. The molecule has 0 bridgehead atoms. The minimum absolute atomic E-state index is 0.0118. The molecule has 2 atom stereocenters. The van der Waals surface area contributed by atoms with Crippen LogP contribution >= 0.6 is 11.8 Å². The SMILES string of the molecule is CC(C)C[C@@H](NC(=O)OCc1ccccc1)C(=O)NC(C=O)CSCc1ccc([N+](=O)[O-])cc1. The number of ether oxygens (including phenoxy) is 1. The number of hydrogen-bond acceptors (Lipinski definition) is 7. The van der Waals surface area contributed by atoms with E-state index in [0.717, 1.165) is 11.1 Å². The Morgan fingerprint density at radius 1 is 1.06 bits per heavy atom. The van der Waals surface area contributed by atoms with Crippen LogP contribution in [0.25, 0.3) is 0 Å². The van der Waals surface area contributed by atoms with Gasteiger partial charge in [0.05, 0.1) is 11.0 Å². The normalized spacial score (nSPS) is 12.4. The molecule has 0 aliphatic carbocycles. The van der Waals surface area contributed by atoms with Crippen molar-refractivity contribution in [3.63, 3.8) is 0 Å². The second-order valence-corrected chi connectivity index (χ2v) is 9.11. The number of thioether (sulfide) groups is 1. The van der Waals surface area contributed by atoms with E-state index in [2.05, 4.69) is 10.6 Å². The standard InChI is InChI=1S/C24H29N3O6S/c1-17(2)12-22(26-24(30)33-14-18-6-4-3-5-7-18)23(29)25-20(13-28)16-34-15-19-8-10-21(11-9-19)27(31)32/h3-11,13,17,20,22H,12,14-16H2,1-2H3,(H,25,29)(H,26,30)/t20?,22-/m1/s1. The number of alkyl carbamates (subject to hydrolysis) is 1. The molecule has 182 valence electrons. The molecule has 2 amide bonds. The third-order valence-electron chi connectivity index (χ3n) is 4.73. The zero-order valence-electron chi connectivity index (χ0n) is 19.1. The van der Waals surface area contributed by atoms with Crippen molar-refractivity contribution in [2.24, 2.45) is 5.92 Å². The van der Waals surface area contributed by atoms with Crippen molar-refractivity contribution in [3.8, 4) is 0 Å². The number of carbonyl (C=O) groups excluding carboxylic acids is 3. The molecule has 0 radical (unpaired) electrons. The summed E-state index contributed by atoms with van der Waals surface area (Å²) in [5, 5.41) is 16.0. The maximum Gasteiger partial charge on any atom is 0.408 e. The maximum atomic E-state index is 12.8. The molecule has 0 aliphatic rings. The van der Waals surface area contributed by atoms with Crippen molar-refractivity contribution in [3.05, 3.63) is 75.8 Å². The van der Waals surface area contributed by atoms with E-state index in [1.54, 1.807) is 12.1 Å². The van der Waals surface area contributed by atoms with Gasteiger partial charge in [0.2, 0.25) is 5.91 Å². The number of amides is 2. The van der Waals surface area contributed by atoms with Gasteiger partial charge in [0.15, 0.2) is 0 Å². The van der Waals surface area contributed by atoms with Gasteiger partial charge in [-0.25, -0.2) is 4.79 Å². The summed E-state index contributed by atoms with van der Waals surface area (Å²) >= 11 is 1.41. The lowest BCUT2D eigenvalue weighted by molar-refractivity contribution is -0.384. The van der Waals surface area contributed by atoms with E-state index < -0.39 is 29.0 Å². The monoisotopic (exact) mass is 487 g/mol. The minimum atomic E-state index is -0.842. The lowest BCUT2D eigenvalue weighted by atomic mass is 10.0. The lowest BCUT2D eigenvalue weighted by Crippen LogP contribution is -2.51. The average molecular weight is 488 g/mol. The smallest absolute Gasteiger partial charge is 0.408 e. The summed E-state index contributed by atoms with van der Waals surface area (Å²) in [7, 11) is 0. The Balaban J connectivity index is 1.85. The van der Waals surface area contributed by atoms with Crippen LogP contribution in [-0.2, 0) is 26.7 Å². The van der Waals surface area contributed by atoms with Crippen LogP contribution in [0.3, 0.4) is 0 Å². The van der Waals surface area contributed by atoms with Gasteiger partial charge in [0, 0.05) is 23.6 Å². The van der Waals surface area contributed by atoms with Crippen LogP contribution in [0.15, 0.2) is 54.6 Å². The number of carbonyl (C=O) groups is 3. The number of non-ortho nitro benzene ring substituents is 1. The summed E-state index contributed by atoms with van der Waals surface area (Å²) in [6.45, 7) is 3.93. The average Bonchev–Trinajstić information content (AvgIpc) is 2.82. The molecule has 2 aromatic carbocycles. The van der Waals surface area contributed by atoms with Gasteiger partial charge in [-0.1, -0.05) is 56.3 Å². The molecular weight excluding hydrogens is 458 g/mol. The number of aldehydes is 1. The van der Waals surface area contributed by atoms with E-state index in [1.165, 1.54) is 23.9 Å². The molecule has 2 aromatic rings. The van der Waals surface area contributed by atoms with E-state index in [4.69, 9.17) is 4.74 Å². The highest BCUT2D eigenvalue weighted by molar-refractivity contribution is 7.98. The van der Waals surface area contributed by atoms with Gasteiger partial charge >= 0.3 is 6.09 Å². The fourth-order valence-electron chi connectivity index (χ4n) is 3.03. The number of rotatable bonds is 13. The van der Waals surface area contributed by atoms with Crippen LogP contribution in [-0.4, -0.2) is 41.0 Å². The summed E-state index contributed by atoms with van der Waals surface area (Å²) in [6, 6.07) is 13.8. The molecule has 1 unspecified atom stereocenters. The first kappa shape index (κ1) is 26.8. The summed E-state index contributed by atoms with van der Waals surface area (Å²) in [5.41, 5.74) is 1.71. The van der Waals surface area contributed by atoms with Crippen LogP contribution in [0.1, 0.15) is 31.4 Å². The number of nitrogens with one attached hydrogen (secondary N) is 2. The fourth-order valence-corrected chi connectivity index (χ4v) is 3.99. The Labute approximate surface area is 202 Å². The van der Waals surface area contributed by atoms with Crippen LogP contribution in [0.2, 0.25) is 0 Å². The van der Waals surface area contributed by atoms with Gasteiger partial charge in [-0.3, -0.25) is 14.9 Å². The molecule has 0 fully saturated rings. The first-order valence-corrected chi connectivity index (χ1v) is 12.0. The van der Waals surface area contributed by atoms with Gasteiger partial charge in [-0.15, -0.1) is 0 Å². The highest BCUT2D eigenvalue weighted by Gasteiger charge is 2.25. The highest BCUT2D eigenvalue weighted by atomic mass is 32.2. The third kappa shape index (κ3) is 9.62. The quantitative estimate of drug-likeness (QED) is 0.249. The maximum absolute atomic E-state index is 12.8. The summed E-state index contributed by atoms with van der Waals surface area (Å²) in [4.78, 5) is 46.8. The number of nitro groups is 1. The van der Waals surface area contributed by atoms with E-state index in [-0.39, 0.29) is 18.2 Å². The number of hydrogen-bond donors (Lipinski definition) is 2. The highest BCUT2D eigenvalue weighted by Crippen LogP contribution is 2.17. The Kier molecular flexibility index (Phi) is 11.0. The van der Waals surface area contributed by atoms with Gasteiger partial charge in [0.25, 0.3) is 5.69 Å². The molecule has 34 heavy (non-hydrogen) atoms. The number of benzene rings is 2. The topological polar surface area (TPSA) is 128 Å². The van der Waals surface area contributed by atoms with Crippen LogP contribution in [0.5, 0.6) is 0 Å². The van der Waals surface area contributed by atoms with Gasteiger partial charge < -0.3 is 20.2 Å². The minimum Gasteiger partial charge on any atom is -0.445 e. The van der Waals surface area contributed by atoms with Crippen molar-refractivity contribution in [2.75, 3.05) is 5.75 Å². The molecule has 0 heterocycles. The zero-order valence-corrected chi connectivity index (χ0v) is 20.0. The summed E-state index contributed by atoms with van der Waals surface area (Å²) in [6.07, 6.45) is 0.328. The molecule has 2 N–H and O–H groups in total. The predicted molar refractivity (Wildman–Crippen MR) is 130 cm³/mol. The van der Waals surface area contributed by atoms with E-state index in [0.29, 0.717) is 24.2 Å². The zero-order chi connectivity index (χ0) is 24.9. The molecule has 0 spiro atoms. The van der Waals surface area contributed by atoms with Crippen molar-refractivity contribution >= 4 is 35.7 Å².